The second-order valence-corrected chi connectivity index (χ2v) is 3.79. The van der Waals surface area contributed by atoms with E-state index in [4.69, 9.17) is 5.11 Å². The van der Waals surface area contributed by atoms with Gasteiger partial charge in [-0.15, -0.1) is 0 Å². The number of aromatic carboxylic acids is 1. The summed E-state index contributed by atoms with van der Waals surface area (Å²) in [6.07, 6.45) is 0.808. The van der Waals surface area contributed by atoms with E-state index in [0.29, 0.717) is 0 Å². The summed E-state index contributed by atoms with van der Waals surface area (Å²) in [5.74, 6) is -2.83. The first-order valence-corrected chi connectivity index (χ1v) is 5.50. The smallest absolute Gasteiger partial charge is 0.387 e. The largest absolute Gasteiger partial charge is 0.503 e. The zero-order chi connectivity index (χ0) is 15.6. The van der Waals surface area contributed by atoms with Crippen molar-refractivity contribution in [2.75, 3.05) is 0 Å². The minimum absolute atomic E-state index is 0.0596. The number of rotatable bonds is 4. The number of benzene rings is 1. The highest BCUT2D eigenvalue weighted by Gasteiger charge is 2.18. The van der Waals surface area contributed by atoms with Crippen LogP contribution in [0.25, 0.3) is 5.69 Å². The highest BCUT2D eigenvalue weighted by molar-refractivity contribution is 5.85. The second-order valence-electron chi connectivity index (χ2n) is 3.79. The summed E-state index contributed by atoms with van der Waals surface area (Å²) in [7, 11) is 0. The van der Waals surface area contributed by atoms with Crippen LogP contribution in [0.15, 0.2) is 35.3 Å². The van der Waals surface area contributed by atoms with Crippen molar-refractivity contribution in [3.63, 3.8) is 0 Å². The SMILES string of the molecule is O=C(O)c1nn(-c2ccccc2OC(F)F)cc(O)c1=O. The lowest BCUT2D eigenvalue weighted by Crippen LogP contribution is -2.21. The third kappa shape index (κ3) is 2.96. The van der Waals surface area contributed by atoms with E-state index in [1.807, 2.05) is 0 Å². The number of carboxylic acids is 1. The van der Waals surface area contributed by atoms with Crippen LogP contribution in [0.2, 0.25) is 0 Å². The van der Waals surface area contributed by atoms with Crippen LogP contribution in [0, 0.1) is 0 Å². The summed E-state index contributed by atoms with van der Waals surface area (Å²) in [4.78, 5) is 22.3. The van der Waals surface area contributed by atoms with Gasteiger partial charge >= 0.3 is 12.6 Å². The quantitative estimate of drug-likeness (QED) is 0.880. The molecule has 2 aromatic rings. The summed E-state index contributed by atoms with van der Waals surface area (Å²) in [6, 6.07) is 5.39. The van der Waals surface area contributed by atoms with Crippen molar-refractivity contribution in [3.05, 3.63) is 46.4 Å². The van der Waals surface area contributed by atoms with Gasteiger partial charge in [-0.2, -0.15) is 13.9 Å². The van der Waals surface area contributed by atoms with Crippen LogP contribution < -0.4 is 10.2 Å². The molecule has 0 atom stereocenters. The lowest BCUT2D eigenvalue weighted by Gasteiger charge is -2.12. The number of aromatic hydroxyl groups is 1. The average Bonchev–Trinajstić information content (AvgIpc) is 2.41. The van der Waals surface area contributed by atoms with Crippen LogP contribution in [-0.4, -0.2) is 32.6 Å². The van der Waals surface area contributed by atoms with Gasteiger partial charge < -0.3 is 14.9 Å². The van der Waals surface area contributed by atoms with Gasteiger partial charge in [0.25, 0.3) is 5.43 Å². The molecule has 0 unspecified atom stereocenters. The summed E-state index contributed by atoms with van der Waals surface area (Å²) < 4.78 is 29.7. The summed E-state index contributed by atoms with van der Waals surface area (Å²) in [5.41, 5.74) is -2.18. The molecule has 0 amide bonds. The topological polar surface area (TPSA) is 102 Å². The summed E-state index contributed by atoms with van der Waals surface area (Å²) in [5, 5.41) is 21.8. The van der Waals surface area contributed by atoms with Gasteiger partial charge in [0.15, 0.2) is 11.5 Å². The molecule has 2 rings (SSSR count). The maximum Gasteiger partial charge on any atom is 0.387 e. The first-order valence-electron chi connectivity index (χ1n) is 5.50. The van der Waals surface area contributed by atoms with Crippen LogP contribution in [0.5, 0.6) is 11.5 Å². The number of carbonyl (C=O) groups is 1. The first kappa shape index (κ1) is 14.4. The van der Waals surface area contributed by atoms with E-state index in [9.17, 15) is 23.5 Å². The van der Waals surface area contributed by atoms with Gasteiger partial charge in [0.05, 0.1) is 6.20 Å². The van der Waals surface area contributed by atoms with Crippen molar-refractivity contribution in [2.45, 2.75) is 6.61 Å². The van der Waals surface area contributed by atoms with Gasteiger partial charge in [-0.1, -0.05) is 12.1 Å². The highest BCUT2D eigenvalue weighted by atomic mass is 19.3. The molecule has 0 fully saturated rings. The molecular weight excluding hydrogens is 290 g/mol. The Morgan fingerprint density at radius 1 is 1.33 bits per heavy atom. The van der Waals surface area contributed by atoms with E-state index in [2.05, 4.69) is 9.84 Å². The molecule has 1 heterocycles. The van der Waals surface area contributed by atoms with Crippen LogP contribution in [0.1, 0.15) is 10.5 Å². The minimum atomic E-state index is -3.10. The van der Waals surface area contributed by atoms with E-state index in [1.54, 1.807) is 0 Å². The Hall–Kier alpha value is -2.97. The molecule has 1 aromatic carbocycles. The van der Waals surface area contributed by atoms with Gasteiger partial charge in [0, 0.05) is 0 Å². The first-order chi connectivity index (χ1) is 9.90. The molecule has 0 aliphatic rings. The molecular formula is C12H8F2N2O5. The molecule has 9 heteroatoms. The van der Waals surface area contributed by atoms with Gasteiger partial charge in [-0.05, 0) is 12.1 Å². The molecule has 0 bridgehead atoms. The van der Waals surface area contributed by atoms with Crippen molar-refractivity contribution in [1.29, 1.82) is 0 Å². The van der Waals surface area contributed by atoms with Crippen molar-refractivity contribution in [3.8, 4) is 17.2 Å². The number of carboxylic acid groups (broad SMARTS) is 1. The van der Waals surface area contributed by atoms with Gasteiger partial charge in [-0.25, -0.2) is 9.48 Å². The molecule has 0 spiro atoms. The number of hydrogen-bond donors (Lipinski definition) is 2. The standard InChI is InChI=1S/C12H8F2N2O5/c13-12(14)21-8-4-2-1-3-6(8)16-5-7(17)10(18)9(15-16)11(19)20/h1-5,12,17H,(H,19,20). The number of nitrogens with zero attached hydrogens (tertiary/aromatic N) is 2. The molecule has 0 aliphatic carbocycles. The van der Waals surface area contributed by atoms with Crippen LogP contribution in [0.4, 0.5) is 8.78 Å². The number of para-hydroxylation sites is 2. The minimum Gasteiger partial charge on any atom is -0.503 e. The molecule has 110 valence electrons. The number of halogens is 2. The number of aromatic nitrogens is 2. The fourth-order valence-electron chi connectivity index (χ4n) is 1.58. The van der Waals surface area contributed by atoms with Crippen LogP contribution >= 0.6 is 0 Å². The van der Waals surface area contributed by atoms with E-state index in [1.165, 1.54) is 24.3 Å². The monoisotopic (exact) mass is 298 g/mol. The highest BCUT2D eigenvalue weighted by Crippen LogP contribution is 2.24. The Morgan fingerprint density at radius 2 is 2.00 bits per heavy atom. The van der Waals surface area contributed by atoms with Gasteiger partial charge in [0.1, 0.15) is 5.69 Å². The number of alkyl halides is 2. The maximum absolute atomic E-state index is 12.3. The third-order valence-electron chi connectivity index (χ3n) is 2.43. The third-order valence-corrected chi connectivity index (χ3v) is 2.43. The molecule has 1 aromatic heterocycles. The Labute approximate surface area is 115 Å². The van der Waals surface area contributed by atoms with Crippen LogP contribution in [0.3, 0.4) is 0 Å². The number of ether oxygens (including phenoxy) is 1. The van der Waals surface area contributed by atoms with Gasteiger partial charge in [0.2, 0.25) is 5.69 Å². The van der Waals surface area contributed by atoms with Crippen molar-refractivity contribution >= 4 is 5.97 Å². The summed E-state index contributed by atoms with van der Waals surface area (Å²) in [6.45, 7) is -3.10. The predicted octanol–water partition coefficient (Wildman–Crippen LogP) is 1.24. The zero-order valence-electron chi connectivity index (χ0n) is 10.2. The lowest BCUT2D eigenvalue weighted by molar-refractivity contribution is -0.0499. The van der Waals surface area contributed by atoms with Crippen molar-refractivity contribution in [1.82, 2.24) is 9.78 Å². The van der Waals surface area contributed by atoms with E-state index < -0.39 is 29.5 Å². The predicted molar refractivity (Wildman–Crippen MR) is 65.1 cm³/mol. The van der Waals surface area contributed by atoms with Gasteiger partial charge in [-0.3, -0.25) is 4.79 Å². The molecule has 7 nitrogen and oxygen atoms in total. The molecule has 2 N–H and O–H groups in total. The van der Waals surface area contributed by atoms with Crippen molar-refractivity contribution in [2.24, 2.45) is 0 Å². The normalized spacial score (nSPS) is 10.6. The Bertz CT molecular complexity index is 745. The molecule has 0 aliphatic heterocycles. The number of hydrogen-bond acceptors (Lipinski definition) is 5. The van der Waals surface area contributed by atoms with E-state index in [0.717, 1.165) is 10.9 Å². The molecule has 0 saturated heterocycles. The fourth-order valence-corrected chi connectivity index (χ4v) is 1.58. The maximum atomic E-state index is 12.3. The molecule has 0 radical (unpaired) electrons. The molecule has 0 saturated carbocycles. The fraction of sp³-hybridized carbons (Fsp3) is 0.0833. The van der Waals surface area contributed by atoms with E-state index >= 15 is 0 Å². The van der Waals surface area contributed by atoms with Crippen LogP contribution in [-0.2, 0) is 0 Å². The molecule has 21 heavy (non-hydrogen) atoms. The lowest BCUT2D eigenvalue weighted by atomic mass is 10.3. The van der Waals surface area contributed by atoms with Crippen molar-refractivity contribution < 1.29 is 28.5 Å². The summed E-state index contributed by atoms with van der Waals surface area (Å²) >= 11 is 0. The Balaban J connectivity index is 2.63. The van der Waals surface area contributed by atoms with E-state index in [-0.39, 0.29) is 11.4 Å². The zero-order valence-corrected chi connectivity index (χ0v) is 10.2. The Kier molecular flexibility index (Phi) is 3.83. The Morgan fingerprint density at radius 3 is 2.62 bits per heavy atom. The average molecular weight is 298 g/mol. The second kappa shape index (κ2) is 5.57.